The van der Waals surface area contributed by atoms with Crippen molar-refractivity contribution in [3.63, 3.8) is 0 Å². The molecule has 0 saturated carbocycles. The van der Waals surface area contributed by atoms with E-state index in [-0.39, 0.29) is 42.6 Å². The Kier molecular flexibility index (Phi) is 6.74. The predicted octanol–water partition coefficient (Wildman–Crippen LogP) is 2.66. The standard InChI is InChI=1S/C17H20N4O2S.2ClH/c18-16(20-23)12-3-1-2-11-8-14(24-15(11)12)17(22)19-13-9-21-6-4-10(13)5-7-21;;/h1-3,8,10,13,23H,4-7,9H2,(H2,18,20)(H,19,22);2*1H/t13-;;/m0../s1. The van der Waals surface area contributed by atoms with E-state index in [0.29, 0.717) is 16.4 Å². The third kappa shape index (κ3) is 3.76. The molecule has 4 heterocycles. The van der Waals surface area contributed by atoms with Crippen molar-refractivity contribution in [1.29, 1.82) is 0 Å². The van der Waals surface area contributed by atoms with Crippen LogP contribution in [-0.2, 0) is 0 Å². The zero-order chi connectivity index (χ0) is 16.7. The average Bonchev–Trinajstić information content (AvgIpc) is 3.06. The highest BCUT2D eigenvalue weighted by Crippen LogP contribution is 2.31. The van der Waals surface area contributed by atoms with Crippen molar-refractivity contribution in [2.45, 2.75) is 18.9 Å². The second-order valence-electron chi connectivity index (χ2n) is 6.54. The van der Waals surface area contributed by atoms with Crippen molar-refractivity contribution in [1.82, 2.24) is 10.2 Å². The van der Waals surface area contributed by atoms with Crippen molar-refractivity contribution in [3.05, 3.63) is 34.7 Å². The first-order valence-electron chi connectivity index (χ1n) is 8.19. The molecule has 1 amide bonds. The number of benzene rings is 1. The van der Waals surface area contributed by atoms with Crippen LogP contribution in [0.25, 0.3) is 10.1 Å². The summed E-state index contributed by atoms with van der Waals surface area (Å²) < 4.78 is 0.867. The molecule has 0 unspecified atom stereocenters. The summed E-state index contributed by atoms with van der Waals surface area (Å²) in [6, 6.07) is 7.70. The molecule has 2 aromatic rings. The van der Waals surface area contributed by atoms with Gasteiger partial charge in [0.25, 0.3) is 5.91 Å². The van der Waals surface area contributed by atoms with Crippen LogP contribution < -0.4 is 11.1 Å². The molecule has 5 rings (SSSR count). The summed E-state index contributed by atoms with van der Waals surface area (Å²) in [5.41, 5.74) is 6.39. The lowest BCUT2D eigenvalue weighted by atomic mass is 9.84. The molecule has 3 saturated heterocycles. The fraction of sp³-hybridized carbons (Fsp3) is 0.412. The molecule has 0 aliphatic carbocycles. The summed E-state index contributed by atoms with van der Waals surface area (Å²) in [5.74, 6) is 0.633. The van der Waals surface area contributed by atoms with Crippen molar-refractivity contribution in [3.8, 4) is 0 Å². The third-order valence-corrected chi connectivity index (χ3v) is 6.31. The first kappa shape index (κ1) is 20.8. The van der Waals surface area contributed by atoms with Gasteiger partial charge in [0.05, 0.1) is 4.88 Å². The second kappa shape index (κ2) is 8.43. The maximum Gasteiger partial charge on any atom is 0.261 e. The largest absolute Gasteiger partial charge is 0.409 e. The maximum absolute atomic E-state index is 12.7. The molecule has 3 aliphatic rings. The quantitative estimate of drug-likeness (QED) is 0.310. The Morgan fingerprint density at radius 2 is 2.04 bits per heavy atom. The predicted molar refractivity (Wildman–Crippen MR) is 109 cm³/mol. The number of halogens is 2. The Balaban J connectivity index is 0.00000121. The van der Waals surface area contributed by atoms with E-state index in [2.05, 4.69) is 15.4 Å². The first-order valence-corrected chi connectivity index (χ1v) is 9.01. The van der Waals surface area contributed by atoms with Gasteiger partial charge < -0.3 is 21.2 Å². The summed E-state index contributed by atoms with van der Waals surface area (Å²) in [6.45, 7) is 3.27. The Bertz CT molecular complexity index is 818. The molecule has 1 aromatic heterocycles. The molecule has 4 N–H and O–H groups in total. The smallest absolute Gasteiger partial charge is 0.261 e. The minimum absolute atomic E-state index is 0. The van der Waals surface area contributed by atoms with Crippen LogP contribution in [0, 0.1) is 5.92 Å². The summed E-state index contributed by atoms with van der Waals surface area (Å²) in [5, 5.41) is 16.1. The molecule has 3 fully saturated rings. The number of amidine groups is 1. The van der Waals surface area contributed by atoms with Gasteiger partial charge in [-0.2, -0.15) is 0 Å². The molecule has 1 aromatic carbocycles. The number of carbonyl (C=O) groups is 1. The minimum atomic E-state index is -0.0274. The van der Waals surface area contributed by atoms with Gasteiger partial charge in [-0.3, -0.25) is 4.79 Å². The number of nitrogens with two attached hydrogens (primary N) is 1. The number of carbonyl (C=O) groups excluding carboxylic acids is 1. The molecule has 26 heavy (non-hydrogen) atoms. The van der Waals surface area contributed by atoms with Crippen LogP contribution in [0.4, 0.5) is 0 Å². The van der Waals surface area contributed by atoms with E-state index < -0.39 is 0 Å². The average molecular weight is 417 g/mol. The number of amides is 1. The zero-order valence-electron chi connectivity index (χ0n) is 14.1. The van der Waals surface area contributed by atoms with Crippen LogP contribution >= 0.6 is 36.2 Å². The van der Waals surface area contributed by atoms with Crippen LogP contribution in [0.5, 0.6) is 0 Å². The fourth-order valence-electron chi connectivity index (χ4n) is 3.80. The monoisotopic (exact) mass is 416 g/mol. The van der Waals surface area contributed by atoms with E-state index >= 15 is 0 Å². The van der Waals surface area contributed by atoms with E-state index in [1.54, 1.807) is 6.07 Å². The lowest BCUT2D eigenvalue weighted by Gasteiger charge is -2.44. The van der Waals surface area contributed by atoms with E-state index in [1.807, 2.05) is 18.2 Å². The SMILES string of the molecule is Cl.Cl.NC(=NO)c1cccc2cc(C(=O)N[C@H]3CN4CCC3CC4)sc12. The molecule has 0 spiro atoms. The number of thiophene rings is 1. The lowest BCUT2D eigenvalue weighted by Crippen LogP contribution is -2.57. The van der Waals surface area contributed by atoms with Gasteiger partial charge in [-0.15, -0.1) is 36.2 Å². The lowest BCUT2D eigenvalue weighted by molar-refractivity contribution is 0.0622. The topological polar surface area (TPSA) is 91.0 Å². The molecule has 3 aliphatic heterocycles. The molecule has 9 heteroatoms. The zero-order valence-corrected chi connectivity index (χ0v) is 16.5. The van der Waals surface area contributed by atoms with E-state index in [1.165, 1.54) is 24.2 Å². The number of nitrogens with zero attached hydrogens (tertiary/aromatic N) is 2. The van der Waals surface area contributed by atoms with E-state index in [0.717, 1.165) is 29.7 Å². The Morgan fingerprint density at radius 3 is 2.65 bits per heavy atom. The maximum atomic E-state index is 12.7. The van der Waals surface area contributed by atoms with Gasteiger partial charge >= 0.3 is 0 Å². The molecule has 142 valence electrons. The van der Waals surface area contributed by atoms with Gasteiger partial charge in [-0.05, 0) is 49.4 Å². The van der Waals surface area contributed by atoms with Crippen molar-refractivity contribution >= 4 is 58.0 Å². The molecule has 1 atom stereocenters. The van der Waals surface area contributed by atoms with Crippen LogP contribution in [0.15, 0.2) is 29.4 Å². The van der Waals surface area contributed by atoms with Gasteiger partial charge in [-0.25, -0.2) is 0 Å². The summed E-state index contributed by atoms with van der Waals surface area (Å²) in [6.07, 6.45) is 2.34. The molecular formula is C17H22Cl2N4O2S. The molecule has 2 bridgehead atoms. The number of rotatable bonds is 3. The number of oxime groups is 1. The van der Waals surface area contributed by atoms with E-state index in [4.69, 9.17) is 10.9 Å². The summed E-state index contributed by atoms with van der Waals surface area (Å²) in [4.78, 5) is 15.8. The Labute approximate surface area is 168 Å². The third-order valence-electron chi connectivity index (χ3n) is 5.12. The minimum Gasteiger partial charge on any atom is -0.409 e. The van der Waals surface area contributed by atoms with Gasteiger partial charge in [-0.1, -0.05) is 17.3 Å². The van der Waals surface area contributed by atoms with Crippen LogP contribution in [0.2, 0.25) is 0 Å². The van der Waals surface area contributed by atoms with Crippen molar-refractivity contribution in [2.24, 2.45) is 16.8 Å². The van der Waals surface area contributed by atoms with Crippen molar-refractivity contribution < 1.29 is 10.0 Å². The summed E-state index contributed by atoms with van der Waals surface area (Å²) in [7, 11) is 0. The summed E-state index contributed by atoms with van der Waals surface area (Å²) >= 11 is 1.39. The molecule has 0 radical (unpaired) electrons. The van der Waals surface area contributed by atoms with Gasteiger partial charge in [0.15, 0.2) is 5.84 Å². The number of hydrogen-bond donors (Lipinski definition) is 3. The van der Waals surface area contributed by atoms with Crippen LogP contribution in [0.1, 0.15) is 28.1 Å². The fourth-order valence-corrected chi connectivity index (χ4v) is 4.88. The molecular weight excluding hydrogens is 395 g/mol. The number of hydrogen-bond acceptors (Lipinski definition) is 5. The number of fused-ring (bicyclic) bond motifs is 4. The number of nitrogens with one attached hydrogen (secondary N) is 1. The number of piperidine rings is 3. The first-order chi connectivity index (χ1) is 11.7. The van der Waals surface area contributed by atoms with Gasteiger partial charge in [0.2, 0.25) is 0 Å². The second-order valence-corrected chi connectivity index (χ2v) is 7.59. The van der Waals surface area contributed by atoms with Gasteiger partial charge in [0.1, 0.15) is 0 Å². The van der Waals surface area contributed by atoms with Crippen molar-refractivity contribution in [2.75, 3.05) is 19.6 Å². The van der Waals surface area contributed by atoms with Crippen LogP contribution in [-0.4, -0.2) is 47.5 Å². The van der Waals surface area contributed by atoms with E-state index in [9.17, 15) is 4.79 Å². The highest BCUT2D eigenvalue weighted by molar-refractivity contribution is 7.21. The normalized spacial score (nSPS) is 24.6. The Morgan fingerprint density at radius 1 is 1.31 bits per heavy atom. The highest BCUT2D eigenvalue weighted by atomic mass is 35.5. The molecule has 6 nitrogen and oxygen atoms in total. The van der Waals surface area contributed by atoms with Gasteiger partial charge in [0, 0.05) is 22.8 Å². The van der Waals surface area contributed by atoms with Crippen LogP contribution in [0.3, 0.4) is 0 Å². The Hall–Kier alpha value is -1.54. The highest BCUT2D eigenvalue weighted by Gasteiger charge is 2.35.